The largest absolute Gasteiger partial charge is 0.468 e. The topological polar surface area (TPSA) is 89.5 Å². The van der Waals surface area contributed by atoms with Crippen LogP contribution in [0.25, 0.3) is 22.0 Å². The van der Waals surface area contributed by atoms with Gasteiger partial charge in [0, 0.05) is 31.1 Å². The number of carbonyl (C=O) groups excluding carboxylic acids is 1. The summed E-state index contributed by atoms with van der Waals surface area (Å²) in [4.78, 5) is 24.0. The molecule has 3 aromatic carbocycles. The highest BCUT2D eigenvalue weighted by atomic mass is 35.5. The van der Waals surface area contributed by atoms with Gasteiger partial charge in [0.1, 0.15) is 16.5 Å². The van der Waals surface area contributed by atoms with E-state index in [0.29, 0.717) is 16.6 Å². The lowest BCUT2D eigenvalue weighted by atomic mass is 10.0. The minimum absolute atomic E-state index is 0.0753. The van der Waals surface area contributed by atoms with Gasteiger partial charge in [-0.3, -0.25) is 14.9 Å². The molecule has 0 fully saturated rings. The molecule has 5 aromatic rings. The molecule has 3 heterocycles. The maximum Gasteiger partial charge on any atom is 0.468 e. The fraction of sp³-hybridized carbons (Fsp3) is 0.0690. The van der Waals surface area contributed by atoms with Gasteiger partial charge in [-0.1, -0.05) is 41.4 Å². The lowest BCUT2D eigenvalue weighted by Gasteiger charge is -2.27. The van der Waals surface area contributed by atoms with E-state index in [2.05, 4.69) is 9.97 Å². The van der Waals surface area contributed by atoms with E-state index in [1.54, 1.807) is 42.7 Å². The Morgan fingerprint density at radius 3 is 2.45 bits per heavy atom. The second kappa shape index (κ2) is 9.46. The monoisotopic (exact) mass is 575 g/mol. The van der Waals surface area contributed by atoms with Crippen LogP contribution in [0.1, 0.15) is 5.56 Å². The number of rotatable bonds is 5. The number of nitrogens with zero attached hydrogens (tertiary/aromatic N) is 4. The Bertz CT molecular complexity index is 1920. The van der Waals surface area contributed by atoms with Gasteiger partial charge in [-0.15, -0.1) is 0 Å². The first-order valence-corrected chi connectivity index (χ1v) is 13.9. The Morgan fingerprint density at radius 1 is 0.975 bits per heavy atom. The van der Waals surface area contributed by atoms with E-state index in [9.17, 15) is 17.6 Å². The number of aromatic nitrogens is 2. The standard InChI is InChI=1S/C29H21ClFN4O4S/c1-18-5-9-22(10-6-18)40(37,38)39-35(27-12-8-21(31)15-24(27)30)28-23-14-19(20-4-3-13-32-16-20)7-11-25(23)33-17-26(28)34(2)29(35)36/h3-17H,1-2H3/q+1. The van der Waals surface area contributed by atoms with Gasteiger partial charge >= 0.3 is 16.1 Å². The molecule has 0 N–H and O–H groups in total. The van der Waals surface area contributed by atoms with Crippen molar-refractivity contribution in [3.05, 3.63) is 108 Å². The zero-order valence-corrected chi connectivity index (χ0v) is 22.8. The minimum Gasteiger partial charge on any atom is -0.264 e. The van der Waals surface area contributed by atoms with Crippen molar-refractivity contribution in [3.8, 4) is 11.1 Å². The Balaban J connectivity index is 1.69. The van der Waals surface area contributed by atoms with E-state index >= 15 is 0 Å². The van der Waals surface area contributed by atoms with Gasteiger partial charge in [-0.25, -0.2) is 9.18 Å². The molecule has 200 valence electrons. The number of pyridine rings is 2. The Morgan fingerprint density at radius 2 is 1.75 bits per heavy atom. The molecule has 0 radical (unpaired) electrons. The number of halogens is 2. The fourth-order valence-corrected chi connectivity index (χ4v) is 6.19. The van der Waals surface area contributed by atoms with Crippen LogP contribution in [0.5, 0.6) is 0 Å². The summed E-state index contributed by atoms with van der Waals surface area (Å²) in [7, 11) is -3.10. The molecule has 8 nitrogen and oxygen atoms in total. The van der Waals surface area contributed by atoms with E-state index < -0.39 is 26.6 Å². The first kappa shape index (κ1) is 26.0. The normalized spacial score (nSPS) is 16.9. The maximum absolute atomic E-state index is 14.2. The average molecular weight is 576 g/mol. The van der Waals surface area contributed by atoms with Crippen molar-refractivity contribution in [2.75, 3.05) is 11.9 Å². The summed E-state index contributed by atoms with van der Waals surface area (Å²) in [5, 5.41) is 0.248. The van der Waals surface area contributed by atoms with Crippen LogP contribution < -0.4 is 9.55 Å². The van der Waals surface area contributed by atoms with Gasteiger partial charge in [0.15, 0.2) is 0 Å². The van der Waals surface area contributed by atoms with Gasteiger partial charge in [0.2, 0.25) is 11.4 Å². The van der Waals surface area contributed by atoms with Crippen LogP contribution in [-0.2, 0) is 14.4 Å². The van der Waals surface area contributed by atoms with Gasteiger partial charge in [0.25, 0.3) is 0 Å². The number of hydrogen-bond acceptors (Lipinski definition) is 6. The van der Waals surface area contributed by atoms with Crippen molar-refractivity contribution < 1.29 is 21.9 Å². The molecule has 1 atom stereocenters. The van der Waals surface area contributed by atoms with Crippen molar-refractivity contribution in [2.45, 2.75) is 11.8 Å². The summed E-state index contributed by atoms with van der Waals surface area (Å²) in [6.07, 6.45) is 4.81. The van der Waals surface area contributed by atoms with Crippen molar-refractivity contribution in [3.63, 3.8) is 0 Å². The number of quaternary nitrogens is 1. The average Bonchev–Trinajstić information content (AvgIpc) is 3.15. The van der Waals surface area contributed by atoms with Crippen LogP contribution in [0.3, 0.4) is 0 Å². The van der Waals surface area contributed by atoms with Gasteiger partial charge < -0.3 is 0 Å². The molecule has 2 aromatic heterocycles. The van der Waals surface area contributed by atoms with Crippen LogP contribution in [0, 0.1) is 12.7 Å². The molecule has 1 aliphatic heterocycles. The van der Waals surface area contributed by atoms with E-state index in [1.807, 2.05) is 19.1 Å². The summed E-state index contributed by atoms with van der Waals surface area (Å²) in [6.45, 7) is 1.82. The third kappa shape index (κ3) is 4.04. The molecular formula is C29H21ClFN4O4S+. The van der Waals surface area contributed by atoms with Crippen LogP contribution in [0.2, 0.25) is 5.02 Å². The van der Waals surface area contributed by atoms with Gasteiger partial charge in [-0.05, 0) is 63.9 Å². The third-order valence-corrected chi connectivity index (χ3v) is 8.39. The fourth-order valence-electron chi connectivity index (χ4n) is 4.83. The number of carbonyl (C=O) groups is 1. The molecule has 0 bridgehead atoms. The molecule has 40 heavy (non-hydrogen) atoms. The molecule has 0 saturated carbocycles. The first-order valence-electron chi connectivity index (χ1n) is 12.1. The molecule has 11 heteroatoms. The molecule has 1 aliphatic rings. The van der Waals surface area contributed by atoms with Crippen molar-refractivity contribution in [1.29, 1.82) is 0 Å². The van der Waals surface area contributed by atoms with Crippen LogP contribution in [0.15, 0.2) is 96.3 Å². The summed E-state index contributed by atoms with van der Waals surface area (Å²) in [5.41, 5.74) is 3.27. The highest BCUT2D eigenvalue weighted by molar-refractivity contribution is 7.86. The van der Waals surface area contributed by atoms with Crippen molar-refractivity contribution >= 4 is 55.7 Å². The van der Waals surface area contributed by atoms with Crippen molar-refractivity contribution in [2.24, 2.45) is 0 Å². The quantitative estimate of drug-likeness (QED) is 0.211. The van der Waals surface area contributed by atoms with E-state index in [0.717, 1.165) is 28.8 Å². The smallest absolute Gasteiger partial charge is 0.264 e. The van der Waals surface area contributed by atoms with Gasteiger partial charge in [0.05, 0.1) is 22.0 Å². The van der Waals surface area contributed by atoms with Crippen molar-refractivity contribution in [1.82, 2.24) is 14.6 Å². The molecular weight excluding hydrogens is 555 g/mol. The maximum atomic E-state index is 14.2. The number of benzene rings is 3. The zero-order chi connectivity index (χ0) is 28.2. The summed E-state index contributed by atoms with van der Waals surface area (Å²) in [5.74, 6) is -0.660. The van der Waals surface area contributed by atoms with Crippen LogP contribution >= 0.6 is 11.6 Å². The Labute approximate surface area is 234 Å². The van der Waals surface area contributed by atoms with Crippen LogP contribution in [0.4, 0.5) is 26.2 Å². The molecule has 6 rings (SSSR count). The third-order valence-electron chi connectivity index (χ3n) is 6.82. The predicted octanol–water partition coefficient (Wildman–Crippen LogP) is 6.93. The van der Waals surface area contributed by atoms with E-state index in [4.69, 9.17) is 15.9 Å². The SMILES string of the molecule is Cc1ccc(S(=O)(=O)O[N+]2(c3ccc(F)cc3Cl)C(=O)N(C)c3cnc4ccc(-c5cccnc5)cc4c32)cc1. The van der Waals surface area contributed by atoms with E-state index in [1.165, 1.54) is 36.3 Å². The second-order valence-corrected chi connectivity index (χ2v) is 11.3. The molecule has 0 spiro atoms. The van der Waals surface area contributed by atoms with Gasteiger partial charge in [-0.2, -0.15) is 8.42 Å². The lowest BCUT2D eigenvalue weighted by molar-refractivity contribution is 0.0639. The number of urea groups is 1. The number of anilines is 1. The lowest BCUT2D eigenvalue weighted by Crippen LogP contribution is -2.51. The summed E-state index contributed by atoms with van der Waals surface area (Å²) in [6, 6.07) is 17.7. The summed E-state index contributed by atoms with van der Waals surface area (Å²) >= 11 is 6.53. The Kier molecular flexibility index (Phi) is 6.15. The second-order valence-electron chi connectivity index (χ2n) is 9.35. The highest BCUT2D eigenvalue weighted by Gasteiger charge is 2.61. The molecule has 1 unspecified atom stereocenters. The number of fused-ring (bicyclic) bond motifs is 3. The number of amides is 2. The predicted molar refractivity (Wildman–Crippen MR) is 151 cm³/mol. The van der Waals surface area contributed by atoms with Crippen LogP contribution in [-0.4, -0.2) is 31.5 Å². The number of aryl methyl sites for hydroxylation is 1. The highest BCUT2D eigenvalue weighted by Crippen LogP contribution is 2.54. The Hall–Kier alpha value is -4.22. The first-order chi connectivity index (χ1) is 19.1. The number of hydrogen-bond donors (Lipinski definition) is 0. The minimum atomic E-state index is -4.58. The molecule has 0 saturated heterocycles. The summed E-state index contributed by atoms with van der Waals surface area (Å²) < 4.78 is 46.4. The molecule has 0 aliphatic carbocycles. The number of hydroxylamine groups is 1. The molecule has 2 amide bonds. The zero-order valence-electron chi connectivity index (χ0n) is 21.2. The van der Waals surface area contributed by atoms with E-state index in [-0.39, 0.29) is 21.3 Å².